The zero-order chi connectivity index (χ0) is 8.36. The van der Waals surface area contributed by atoms with Crippen molar-refractivity contribution < 1.29 is 0 Å². The van der Waals surface area contributed by atoms with Crippen molar-refractivity contribution in [3.05, 3.63) is 12.2 Å². The van der Waals surface area contributed by atoms with Gasteiger partial charge in [0, 0.05) is 5.75 Å². The molecule has 0 unspecified atom stereocenters. The Morgan fingerprint density at radius 3 is 2.55 bits per heavy atom. The summed E-state index contributed by atoms with van der Waals surface area (Å²) in [7, 11) is 0. The maximum atomic E-state index is 5.30. The topological polar surface area (TPSA) is 26.0 Å². The predicted molar refractivity (Wildman–Crippen MR) is 54.5 cm³/mol. The summed E-state index contributed by atoms with van der Waals surface area (Å²) in [6, 6.07) is 0. The Kier molecular flexibility index (Phi) is 10.1. The van der Waals surface area contributed by atoms with Gasteiger partial charge in [0.2, 0.25) is 0 Å². The summed E-state index contributed by atoms with van der Waals surface area (Å²) >= 11 is 1.46. The molecule has 0 rings (SSSR count). The molecule has 0 atom stereocenters. The van der Waals surface area contributed by atoms with Crippen LogP contribution in [0.2, 0.25) is 0 Å². The molecule has 0 aliphatic rings. The van der Waals surface area contributed by atoms with Crippen molar-refractivity contribution in [2.75, 3.05) is 5.75 Å². The van der Waals surface area contributed by atoms with E-state index in [2.05, 4.69) is 19.1 Å². The smallest absolute Gasteiger partial charge is 0.00764 e. The minimum absolute atomic E-state index is 1.11. The molecule has 0 radical (unpaired) electrons. The molecule has 0 saturated carbocycles. The Morgan fingerprint density at radius 1 is 1.18 bits per heavy atom. The second-order valence-corrected chi connectivity index (χ2v) is 3.38. The van der Waals surface area contributed by atoms with E-state index in [1.807, 2.05) is 0 Å². The third-order valence-electron chi connectivity index (χ3n) is 1.62. The van der Waals surface area contributed by atoms with Gasteiger partial charge < -0.3 is 0 Å². The molecule has 0 bridgehead atoms. The van der Waals surface area contributed by atoms with Crippen LogP contribution in [0.1, 0.15) is 39.0 Å². The zero-order valence-corrected chi connectivity index (χ0v) is 8.20. The highest BCUT2D eigenvalue weighted by Gasteiger charge is 1.87. The third-order valence-corrected chi connectivity index (χ3v) is 2.14. The quantitative estimate of drug-likeness (QED) is 0.364. The summed E-state index contributed by atoms with van der Waals surface area (Å²) in [6.45, 7) is 2.07. The molecule has 11 heavy (non-hydrogen) atoms. The molecule has 1 nitrogen and oxygen atoms in total. The summed E-state index contributed by atoms with van der Waals surface area (Å²) in [5.74, 6) is 1.11. The van der Waals surface area contributed by atoms with Crippen LogP contribution in [0, 0.1) is 0 Å². The summed E-state index contributed by atoms with van der Waals surface area (Å²) in [5, 5.41) is 5.30. The Hall–Kier alpha value is 0.0500. The van der Waals surface area contributed by atoms with Crippen LogP contribution in [0.5, 0.6) is 0 Å². The maximum Gasteiger partial charge on any atom is 0.00764 e. The minimum atomic E-state index is 1.11. The zero-order valence-electron chi connectivity index (χ0n) is 7.38. The monoisotopic (exact) mass is 173 g/mol. The van der Waals surface area contributed by atoms with Gasteiger partial charge in [0.05, 0.1) is 0 Å². The van der Waals surface area contributed by atoms with Crippen molar-refractivity contribution >= 4 is 11.9 Å². The standard InChI is InChI=1S/C9H19NS/c1-2-3-4-5-6-7-8-9-11-10/h2-3H,4-10H2,1H3/b3-2-. The molecule has 66 valence electrons. The molecule has 0 aliphatic carbocycles. The van der Waals surface area contributed by atoms with E-state index in [0.29, 0.717) is 0 Å². The van der Waals surface area contributed by atoms with Crippen molar-refractivity contribution in [1.82, 2.24) is 0 Å². The molecule has 0 heterocycles. The van der Waals surface area contributed by atoms with E-state index in [0.717, 1.165) is 5.75 Å². The second kappa shape index (κ2) is 10.0. The fraction of sp³-hybridized carbons (Fsp3) is 0.778. The summed E-state index contributed by atoms with van der Waals surface area (Å²) in [5.41, 5.74) is 0. The Balaban J connectivity index is 2.79. The van der Waals surface area contributed by atoms with Crippen LogP contribution in [0.4, 0.5) is 0 Å². The van der Waals surface area contributed by atoms with Gasteiger partial charge in [-0.25, -0.2) is 0 Å². The number of hydrogen-bond acceptors (Lipinski definition) is 2. The normalized spacial score (nSPS) is 11.1. The van der Waals surface area contributed by atoms with Gasteiger partial charge in [-0.05, 0) is 26.2 Å². The summed E-state index contributed by atoms with van der Waals surface area (Å²) < 4.78 is 0. The predicted octanol–water partition coefficient (Wildman–Crippen LogP) is 3.12. The SMILES string of the molecule is C/C=C\CCCCCCSN. The molecule has 0 aromatic carbocycles. The van der Waals surface area contributed by atoms with E-state index < -0.39 is 0 Å². The molecule has 0 saturated heterocycles. The molecule has 0 aromatic heterocycles. The lowest BCUT2D eigenvalue weighted by Crippen LogP contribution is -1.85. The number of allylic oxidation sites excluding steroid dienone is 2. The van der Waals surface area contributed by atoms with Gasteiger partial charge in [0.1, 0.15) is 0 Å². The van der Waals surface area contributed by atoms with E-state index in [-0.39, 0.29) is 0 Å². The van der Waals surface area contributed by atoms with Crippen molar-refractivity contribution in [3.63, 3.8) is 0 Å². The molecular weight excluding hydrogens is 154 g/mol. The first-order valence-corrected chi connectivity index (χ1v) is 5.39. The average molecular weight is 173 g/mol. The number of nitrogens with two attached hydrogens (primary N) is 1. The van der Waals surface area contributed by atoms with Gasteiger partial charge in [-0.2, -0.15) is 0 Å². The van der Waals surface area contributed by atoms with Crippen LogP contribution in [-0.4, -0.2) is 5.75 Å². The van der Waals surface area contributed by atoms with E-state index in [9.17, 15) is 0 Å². The minimum Gasteiger partial charge on any atom is -0.278 e. The third kappa shape index (κ3) is 10.1. The lowest BCUT2D eigenvalue weighted by atomic mass is 10.1. The van der Waals surface area contributed by atoms with Gasteiger partial charge in [-0.3, -0.25) is 5.14 Å². The number of rotatable bonds is 7. The Morgan fingerprint density at radius 2 is 1.91 bits per heavy atom. The van der Waals surface area contributed by atoms with Gasteiger partial charge >= 0.3 is 0 Å². The maximum absolute atomic E-state index is 5.30. The summed E-state index contributed by atoms with van der Waals surface area (Å²) in [4.78, 5) is 0. The van der Waals surface area contributed by atoms with Crippen molar-refractivity contribution in [3.8, 4) is 0 Å². The van der Waals surface area contributed by atoms with E-state index >= 15 is 0 Å². The van der Waals surface area contributed by atoms with Gasteiger partial charge in [0.15, 0.2) is 0 Å². The molecule has 2 heteroatoms. The van der Waals surface area contributed by atoms with Crippen LogP contribution in [0.25, 0.3) is 0 Å². The van der Waals surface area contributed by atoms with Crippen LogP contribution in [0.3, 0.4) is 0 Å². The lowest BCUT2D eigenvalue weighted by molar-refractivity contribution is 0.678. The first kappa shape index (κ1) is 11.1. The van der Waals surface area contributed by atoms with E-state index in [1.54, 1.807) is 0 Å². The van der Waals surface area contributed by atoms with E-state index in [4.69, 9.17) is 5.14 Å². The van der Waals surface area contributed by atoms with E-state index in [1.165, 1.54) is 44.1 Å². The molecule has 0 aliphatic heterocycles. The highest BCUT2D eigenvalue weighted by Crippen LogP contribution is 2.05. The van der Waals surface area contributed by atoms with Crippen LogP contribution in [-0.2, 0) is 0 Å². The van der Waals surface area contributed by atoms with Crippen molar-refractivity contribution in [1.29, 1.82) is 0 Å². The second-order valence-electron chi connectivity index (χ2n) is 2.64. The molecule has 0 fully saturated rings. The van der Waals surface area contributed by atoms with Crippen LogP contribution >= 0.6 is 11.9 Å². The van der Waals surface area contributed by atoms with Crippen molar-refractivity contribution in [2.45, 2.75) is 39.0 Å². The highest BCUT2D eigenvalue weighted by molar-refractivity contribution is 7.97. The molecule has 0 spiro atoms. The Labute approximate surface area is 74.6 Å². The molecule has 0 aromatic rings. The number of unbranched alkanes of at least 4 members (excludes halogenated alkanes) is 4. The fourth-order valence-corrected chi connectivity index (χ4v) is 1.34. The van der Waals surface area contributed by atoms with Crippen molar-refractivity contribution in [2.24, 2.45) is 5.14 Å². The molecular formula is C9H19NS. The van der Waals surface area contributed by atoms with Crippen LogP contribution < -0.4 is 5.14 Å². The summed E-state index contributed by atoms with van der Waals surface area (Å²) in [6.07, 6.45) is 10.9. The highest BCUT2D eigenvalue weighted by atomic mass is 32.2. The Bertz CT molecular complexity index is 91.6. The first-order chi connectivity index (χ1) is 5.41. The number of hydrogen-bond donors (Lipinski definition) is 1. The van der Waals surface area contributed by atoms with Gasteiger partial charge in [-0.1, -0.05) is 36.9 Å². The lowest BCUT2D eigenvalue weighted by Gasteiger charge is -1.96. The first-order valence-electron chi connectivity index (χ1n) is 4.34. The van der Waals surface area contributed by atoms with Gasteiger partial charge in [-0.15, -0.1) is 0 Å². The average Bonchev–Trinajstić information content (AvgIpc) is 2.03. The largest absolute Gasteiger partial charge is 0.278 e. The molecule has 2 N–H and O–H groups in total. The fourth-order valence-electron chi connectivity index (χ4n) is 0.968. The van der Waals surface area contributed by atoms with Crippen LogP contribution in [0.15, 0.2) is 12.2 Å². The molecule has 0 amide bonds. The van der Waals surface area contributed by atoms with Gasteiger partial charge in [0.25, 0.3) is 0 Å².